The summed E-state index contributed by atoms with van der Waals surface area (Å²) < 4.78 is 6.42. The molecule has 0 aliphatic heterocycles. The molecule has 0 amide bonds. The lowest BCUT2D eigenvalue weighted by Gasteiger charge is -2.11. The first kappa shape index (κ1) is 12.0. The Bertz CT molecular complexity index is 537. The Kier molecular flexibility index (Phi) is 3.38. The Morgan fingerprint density at radius 2 is 2.18 bits per heavy atom. The van der Waals surface area contributed by atoms with E-state index in [0.717, 1.165) is 33.5 Å². The van der Waals surface area contributed by atoms with Gasteiger partial charge in [-0.1, -0.05) is 22.9 Å². The van der Waals surface area contributed by atoms with Crippen LogP contribution in [0.4, 0.5) is 5.82 Å². The number of methoxy groups -OCH3 is 1. The molecule has 0 saturated carbocycles. The number of nitrogen functional groups attached to an aromatic ring is 1. The van der Waals surface area contributed by atoms with E-state index in [1.807, 2.05) is 12.1 Å². The van der Waals surface area contributed by atoms with Crippen LogP contribution in [0.15, 0.2) is 22.7 Å². The van der Waals surface area contributed by atoms with E-state index in [1.54, 1.807) is 13.2 Å². The summed E-state index contributed by atoms with van der Waals surface area (Å²) in [5.74, 6) is 1.35. The lowest BCUT2D eigenvalue weighted by Crippen LogP contribution is -1.93. The summed E-state index contributed by atoms with van der Waals surface area (Å²) in [6, 6.07) is 5.82. The predicted molar refractivity (Wildman–Crippen MR) is 72.1 cm³/mol. The third kappa shape index (κ3) is 2.29. The van der Waals surface area contributed by atoms with Gasteiger partial charge in [0.15, 0.2) is 0 Å². The second kappa shape index (κ2) is 4.79. The highest BCUT2D eigenvalue weighted by molar-refractivity contribution is 9.10. The van der Waals surface area contributed by atoms with Crippen molar-refractivity contribution in [2.75, 3.05) is 12.8 Å². The quantitative estimate of drug-likeness (QED) is 0.915. The number of anilines is 1. The molecular weight excluding hydrogens is 282 g/mol. The number of hydrogen-bond donors (Lipinski definition) is 2. The van der Waals surface area contributed by atoms with E-state index in [0.29, 0.717) is 5.82 Å². The van der Waals surface area contributed by atoms with Gasteiger partial charge in [0.1, 0.15) is 11.6 Å². The van der Waals surface area contributed by atoms with Crippen LogP contribution in [0.25, 0.3) is 11.3 Å². The summed E-state index contributed by atoms with van der Waals surface area (Å²) in [6.07, 6.45) is 0.912. The Morgan fingerprint density at radius 3 is 2.71 bits per heavy atom. The second-order valence-corrected chi connectivity index (χ2v) is 4.55. The number of rotatable bonds is 3. The van der Waals surface area contributed by atoms with Crippen LogP contribution in [0.5, 0.6) is 5.75 Å². The molecule has 1 aromatic carbocycles. The molecule has 5 heteroatoms. The highest BCUT2D eigenvalue weighted by Gasteiger charge is 2.10. The third-order valence-corrected chi connectivity index (χ3v) is 3.34. The van der Waals surface area contributed by atoms with Crippen LogP contribution in [0, 0.1) is 0 Å². The highest BCUT2D eigenvalue weighted by Crippen LogP contribution is 2.33. The first-order chi connectivity index (χ1) is 8.15. The highest BCUT2D eigenvalue weighted by atomic mass is 79.9. The minimum absolute atomic E-state index is 0.481. The van der Waals surface area contributed by atoms with Crippen molar-refractivity contribution in [1.29, 1.82) is 0 Å². The zero-order chi connectivity index (χ0) is 12.4. The van der Waals surface area contributed by atoms with Gasteiger partial charge in [0.2, 0.25) is 0 Å². The van der Waals surface area contributed by atoms with Crippen molar-refractivity contribution in [3.05, 3.63) is 28.2 Å². The van der Waals surface area contributed by atoms with E-state index < -0.39 is 0 Å². The molecule has 0 unspecified atom stereocenters. The second-order valence-electron chi connectivity index (χ2n) is 3.70. The molecule has 0 bridgehead atoms. The van der Waals surface area contributed by atoms with Gasteiger partial charge in [0, 0.05) is 21.7 Å². The average Bonchev–Trinajstić information content (AvgIpc) is 2.74. The number of nitrogens with one attached hydrogen (secondary N) is 1. The molecule has 0 aliphatic rings. The van der Waals surface area contributed by atoms with Gasteiger partial charge in [-0.2, -0.15) is 5.10 Å². The first-order valence-corrected chi connectivity index (χ1v) is 6.12. The normalized spacial score (nSPS) is 10.5. The van der Waals surface area contributed by atoms with Crippen molar-refractivity contribution in [1.82, 2.24) is 10.2 Å². The molecular formula is C12H14BrN3O. The van der Waals surface area contributed by atoms with E-state index in [-0.39, 0.29) is 0 Å². The lowest BCUT2D eigenvalue weighted by molar-refractivity contribution is 0.410. The Balaban J connectivity index is 2.53. The Labute approximate surface area is 108 Å². The largest absolute Gasteiger partial charge is 0.496 e. The Morgan fingerprint density at radius 1 is 1.41 bits per heavy atom. The average molecular weight is 296 g/mol. The fourth-order valence-electron chi connectivity index (χ4n) is 1.78. The number of hydrogen-bond acceptors (Lipinski definition) is 3. The lowest BCUT2D eigenvalue weighted by atomic mass is 10.1. The zero-order valence-corrected chi connectivity index (χ0v) is 11.3. The van der Waals surface area contributed by atoms with Crippen molar-refractivity contribution in [3.8, 4) is 17.0 Å². The molecule has 3 N–H and O–H groups in total. The third-order valence-electron chi connectivity index (χ3n) is 2.64. The summed E-state index contributed by atoms with van der Waals surface area (Å²) >= 11 is 3.56. The van der Waals surface area contributed by atoms with E-state index in [2.05, 4.69) is 33.1 Å². The van der Waals surface area contributed by atoms with Gasteiger partial charge in [-0.25, -0.2) is 0 Å². The van der Waals surface area contributed by atoms with Crippen LogP contribution in [-0.4, -0.2) is 17.3 Å². The van der Waals surface area contributed by atoms with Crippen LogP contribution in [-0.2, 0) is 6.42 Å². The SMILES string of the molecule is CCc1c(Br)cc(-c2cc(N)n[nH]2)cc1OC. The zero-order valence-electron chi connectivity index (χ0n) is 9.75. The van der Waals surface area contributed by atoms with Gasteiger partial charge in [0.05, 0.1) is 12.8 Å². The number of halogens is 1. The van der Waals surface area contributed by atoms with E-state index >= 15 is 0 Å². The molecule has 90 valence electrons. The van der Waals surface area contributed by atoms with Crippen LogP contribution < -0.4 is 10.5 Å². The molecule has 17 heavy (non-hydrogen) atoms. The van der Waals surface area contributed by atoms with E-state index in [1.165, 1.54) is 0 Å². The minimum Gasteiger partial charge on any atom is -0.496 e. The fraction of sp³-hybridized carbons (Fsp3) is 0.250. The minimum atomic E-state index is 0.481. The molecule has 2 rings (SSSR count). The number of aromatic nitrogens is 2. The molecule has 1 aromatic heterocycles. The monoisotopic (exact) mass is 295 g/mol. The van der Waals surface area contributed by atoms with Gasteiger partial charge in [-0.05, 0) is 18.6 Å². The number of benzene rings is 1. The predicted octanol–water partition coefficient (Wildman–Crippen LogP) is 2.99. The van der Waals surface area contributed by atoms with Gasteiger partial charge < -0.3 is 10.5 Å². The van der Waals surface area contributed by atoms with Crippen LogP contribution in [0.1, 0.15) is 12.5 Å². The van der Waals surface area contributed by atoms with Crippen molar-refractivity contribution in [3.63, 3.8) is 0 Å². The van der Waals surface area contributed by atoms with Crippen molar-refractivity contribution in [2.45, 2.75) is 13.3 Å². The number of ether oxygens (including phenoxy) is 1. The van der Waals surface area contributed by atoms with Gasteiger partial charge in [-0.15, -0.1) is 0 Å². The Hall–Kier alpha value is -1.49. The summed E-state index contributed by atoms with van der Waals surface area (Å²) in [5, 5.41) is 6.80. The molecule has 0 spiro atoms. The standard InChI is InChI=1S/C12H14BrN3O/c1-3-8-9(13)4-7(5-11(8)17-2)10-6-12(14)16-15-10/h4-6H,3H2,1-2H3,(H3,14,15,16). The van der Waals surface area contributed by atoms with Crippen molar-refractivity contribution >= 4 is 21.7 Å². The van der Waals surface area contributed by atoms with E-state index in [9.17, 15) is 0 Å². The molecule has 0 fully saturated rings. The van der Waals surface area contributed by atoms with Crippen LogP contribution in [0.3, 0.4) is 0 Å². The van der Waals surface area contributed by atoms with Crippen molar-refractivity contribution in [2.24, 2.45) is 0 Å². The summed E-state index contributed by atoms with van der Waals surface area (Å²) in [4.78, 5) is 0. The van der Waals surface area contributed by atoms with Crippen molar-refractivity contribution < 1.29 is 4.74 Å². The van der Waals surface area contributed by atoms with E-state index in [4.69, 9.17) is 10.5 Å². The number of nitrogens with zero attached hydrogens (tertiary/aromatic N) is 1. The smallest absolute Gasteiger partial charge is 0.145 e. The van der Waals surface area contributed by atoms with Gasteiger partial charge in [-0.3, -0.25) is 5.10 Å². The van der Waals surface area contributed by atoms with Crippen LogP contribution >= 0.6 is 15.9 Å². The maximum atomic E-state index is 5.60. The van der Waals surface area contributed by atoms with Gasteiger partial charge in [0.25, 0.3) is 0 Å². The summed E-state index contributed by atoms with van der Waals surface area (Å²) in [5.41, 5.74) is 8.63. The molecule has 1 heterocycles. The maximum absolute atomic E-state index is 5.60. The molecule has 2 aromatic rings. The molecule has 0 atom stereocenters. The molecule has 4 nitrogen and oxygen atoms in total. The number of nitrogens with two attached hydrogens (primary N) is 1. The number of H-pyrrole nitrogens is 1. The fourth-order valence-corrected chi connectivity index (χ4v) is 2.50. The topological polar surface area (TPSA) is 63.9 Å². The molecule has 0 saturated heterocycles. The molecule has 0 aliphatic carbocycles. The summed E-state index contributed by atoms with van der Waals surface area (Å²) in [7, 11) is 1.67. The summed E-state index contributed by atoms with van der Waals surface area (Å²) in [6.45, 7) is 2.09. The first-order valence-electron chi connectivity index (χ1n) is 5.33. The number of aromatic amines is 1. The van der Waals surface area contributed by atoms with Gasteiger partial charge >= 0.3 is 0 Å². The molecule has 0 radical (unpaired) electrons. The maximum Gasteiger partial charge on any atom is 0.145 e. The van der Waals surface area contributed by atoms with Crippen LogP contribution in [0.2, 0.25) is 0 Å².